The molecule has 1 aliphatic heterocycles. The van der Waals surface area contributed by atoms with E-state index in [1.54, 1.807) is 0 Å². The second-order valence-electron chi connectivity index (χ2n) is 3.73. The Hall–Kier alpha value is -0.340. The van der Waals surface area contributed by atoms with E-state index in [0.29, 0.717) is 0 Å². The van der Waals surface area contributed by atoms with E-state index in [2.05, 4.69) is 46.4 Å². The number of hydrogen-bond acceptors (Lipinski definition) is 1. The van der Waals surface area contributed by atoms with Crippen LogP contribution in [0.4, 0.5) is 0 Å². The molecule has 1 aliphatic rings. The van der Waals surface area contributed by atoms with Gasteiger partial charge in [0.1, 0.15) is 0 Å². The highest BCUT2D eigenvalue weighted by Gasteiger charge is 2.16. The molecule has 1 saturated heterocycles. The van der Waals surface area contributed by atoms with Crippen LogP contribution in [0.25, 0.3) is 0 Å². The number of benzene rings is 1. The summed E-state index contributed by atoms with van der Waals surface area (Å²) >= 11 is 3.56. The molecular weight excluding hydrogens is 226 g/mol. The fraction of sp³-hybridized carbons (Fsp3) is 0.455. The minimum atomic E-state index is 0.717. The van der Waals surface area contributed by atoms with Crippen LogP contribution < -0.4 is 5.32 Å². The summed E-state index contributed by atoms with van der Waals surface area (Å²) < 4.78 is 1.23. The van der Waals surface area contributed by atoms with Crippen LogP contribution in [-0.4, -0.2) is 12.6 Å². The lowest BCUT2D eigenvalue weighted by molar-refractivity contribution is 0.369. The van der Waals surface area contributed by atoms with Crippen LogP contribution in [0.3, 0.4) is 0 Å². The highest BCUT2D eigenvalue weighted by Crippen LogP contribution is 2.19. The summed E-state index contributed by atoms with van der Waals surface area (Å²) in [5.41, 5.74) is 2.74. The summed E-state index contributed by atoms with van der Waals surface area (Å²) in [6, 6.07) is 7.35. The molecule has 2 heteroatoms. The fourth-order valence-corrected chi connectivity index (χ4v) is 2.00. The third kappa shape index (κ3) is 2.12. The van der Waals surface area contributed by atoms with Gasteiger partial charge >= 0.3 is 0 Å². The van der Waals surface area contributed by atoms with Crippen molar-refractivity contribution in [1.29, 1.82) is 0 Å². The summed E-state index contributed by atoms with van der Waals surface area (Å²) in [5.74, 6) is 0. The zero-order valence-electron chi connectivity index (χ0n) is 7.81. The average Bonchev–Trinajstić information content (AvgIpc) is 2.04. The SMILES string of the molecule is Cc1ccc(CC2CCN2)cc1Br. The number of aryl methyl sites for hydroxylation is 1. The molecule has 1 N–H and O–H groups in total. The second-order valence-corrected chi connectivity index (χ2v) is 4.58. The lowest BCUT2D eigenvalue weighted by Crippen LogP contribution is -2.44. The molecule has 0 aliphatic carbocycles. The van der Waals surface area contributed by atoms with E-state index >= 15 is 0 Å². The Labute approximate surface area is 87.7 Å². The summed E-state index contributed by atoms with van der Waals surface area (Å²) in [6.07, 6.45) is 2.49. The Morgan fingerprint density at radius 1 is 1.54 bits per heavy atom. The van der Waals surface area contributed by atoms with Crippen molar-refractivity contribution in [1.82, 2.24) is 5.32 Å². The maximum Gasteiger partial charge on any atom is 0.0207 e. The number of rotatable bonds is 2. The average molecular weight is 240 g/mol. The molecule has 1 heterocycles. The van der Waals surface area contributed by atoms with Crippen molar-refractivity contribution in [3.8, 4) is 0 Å². The molecule has 0 bridgehead atoms. The van der Waals surface area contributed by atoms with Crippen molar-refractivity contribution in [2.45, 2.75) is 25.8 Å². The molecule has 0 amide bonds. The normalized spacial score (nSPS) is 21.2. The van der Waals surface area contributed by atoms with E-state index in [0.717, 1.165) is 6.04 Å². The van der Waals surface area contributed by atoms with E-state index in [1.807, 2.05) is 0 Å². The van der Waals surface area contributed by atoms with Crippen molar-refractivity contribution in [2.75, 3.05) is 6.54 Å². The van der Waals surface area contributed by atoms with Gasteiger partial charge < -0.3 is 5.32 Å². The first kappa shape index (κ1) is 9.22. The quantitative estimate of drug-likeness (QED) is 0.837. The molecule has 1 atom stereocenters. The fourth-order valence-electron chi connectivity index (χ4n) is 1.57. The maximum absolute atomic E-state index is 3.56. The van der Waals surface area contributed by atoms with Gasteiger partial charge in [-0.2, -0.15) is 0 Å². The van der Waals surface area contributed by atoms with Crippen molar-refractivity contribution in [3.63, 3.8) is 0 Å². The van der Waals surface area contributed by atoms with E-state index < -0.39 is 0 Å². The zero-order valence-corrected chi connectivity index (χ0v) is 9.39. The van der Waals surface area contributed by atoms with Crippen LogP contribution in [0, 0.1) is 6.92 Å². The summed E-state index contributed by atoms with van der Waals surface area (Å²) in [7, 11) is 0. The van der Waals surface area contributed by atoms with Crippen molar-refractivity contribution in [3.05, 3.63) is 33.8 Å². The topological polar surface area (TPSA) is 12.0 Å². The lowest BCUT2D eigenvalue weighted by atomic mass is 9.98. The Bertz CT molecular complexity index is 305. The van der Waals surface area contributed by atoms with E-state index in [-0.39, 0.29) is 0 Å². The molecule has 1 fully saturated rings. The third-order valence-electron chi connectivity index (χ3n) is 2.64. The van der Waals surface area contributed by atoms with Crippen LogP contribution in [0.5, 0.6) is 0 Å². The summed E-state index contributed by atoms with van der Waals surface area (Å²) in [5, 5.41) is 3.41. The molecule has 0 spiro atoms. The Balaban J connectivity index is 2.07. The minimum Gasteiger partial charge on any atom is -0.314 e. The molecule has 2 rings (SSSR count). The van der Waals surface area contributed by atoms with Gasteiger partial charge in [-0.1, -0.05) is 28.1 Å². The first-order chi connectivity index (χ1) is 6.25. The van der Waals surface area contributed by atoms with Crippen LogP contribution >= 0.6 is 15.9 Å². The molecule has 1 aromatic rings. The van der Waals surface area contributed by atoms with Gasteiger partial charge in [0, 0.05) is 10.5 Å². The second kappa shape index (κ2) is 3.81. The van der Waals surface area contributed by atoms with Crippen LogP contribution in [0.2, 0.25) is 0 Å². The van der Waals surface area contributed by atoms with Gasteiger partial charge in [-0.05, 0) is 43.5 Å². The zero-order chi connectivity index (χ0) is 9.26. The summed E-state index contributed by atoms with van der Waals surface area (Å²) in [4.78, 5) is 0. The van der Waals surface area contributed by atoms with Crippen LogP contribution in [0.15, 0.2) is 22.7 Å². The molecule has 13 heavy (non-hydrogen) atoms. The molecule has 0 saturated carbocycles. The lowest BCUT2D eigenvalue weighted by Gasteiger charge is -2.27. The maximum atomic E-state index is 3.56. The molecule has 0 radical (unpaired) electrons. The van der Waals surface area contributed by atoms with E-state index in [1.165, 1.54) is 35.0 Å². The predicted molar refractivity (Wildman–Crippen MR) is 59.0 cm³/mol. The number of hydrogen-bond donors (Lipinski definition) is 1. The molecule has 70 valence electrons. The van der Waals surface area contributed by atoms with Crippen molar-refractivity contribution < 1.29 is 0 Å². The first-order valence-corrected chi connectivity index (χ1v) is 5.53. The first-order valence-electron chi connectivity index (χ1n) is 4.74. The van der Waals surface area contributed by atoms with E-state index in [4.69, 9.17) is 0 Å². The van der Waals surface area contributed by atoms with Gasteiger partial charge in [-0.25, -0.2) is 0 Å². The van der Waals surface area contributed by atoms with E-state index in [9.17, 15) is 0 Å². The van der Waals surface area contributed by atoms with Gasteiger partial charge in [0.2, 0.25) is 0 Å². The smallest absolute Gasteiger partial charge is 0.0207 e. The highest BCUT2D eigenvalue weighted by atomic mass is 79.9. The van der Waals surface area contributed by atoms with Gasteiger partial charge in [-0.15, -0.1) is 0 Å². The Morgan fingerprint density at radius 3 is 2.85 bits per heavy atom. The molecule has 1 unspecified atom stereocenters. The number of halogens is 1. The van der Waals surface area contributed by atoms with Crippen molar-refractivity contribution in [2.24, 2.45) is 0 Å². The van der Waals surface area contributed by atoms with Crippen LogP contribution in [-0.2, 0) is 6.42 Å². The predicted octanol–water partition coefficient (Wildman–Crippen LogP) is 2.66. The molecule has 0 aromatic heterocycles. The van der Waals surface area contributed by atoms with Gasteiger partial charge in [-0.3, -0.25) is 0 Å². The van der Waals surface area contributed by atoms with Gasteiger partial charge in [0.05, 0.1) is 0 Å². The molecular formula is C11H14BrN. The molecule has 1 aromatic carbocycles. The highest BCUT2D eigenvalue weighted by molar-refractivity contribution is 9.10. The third-order valence-corrected chi connectivity index (χ3v) is 3.50. The van der Waals surface area contributed by atoms with Gasteiger partial charge in [0.15, 0.2) is 0 Å². The van der Waals surface area contributed by atoms with Crippen molar-refractivity contribution >= 4 is 15.9 Å². The number of nitrogens with one attached hydrogen (secondary N) is 1. The molecule has 1 nitrogen and oxygen atoms in total. The summed E-state index contributed by atoms with van der Waals surface area (Å²) in [6.45, 7) is 3.31. The largest absolute Gasteiger partial charge is 0.314 e. The Kier molecular flexibility index (Phi) is 2.70. The van der Waals surface area contributed by atoms with Gasteiger partial charge in [0.25, 0.3) is 0 Å². The monoisotopic (exact) mass is 239 g/mol. The standard InChI is InChI=1S/C11H14BrN/c1-8-2-3-9(7-11(8)12)6-10-4-5-13-10/h2-3,7,10,13H,4-6H2,1H3. The van der Waals surface area contributed by atoms with Crippen LogP contribution in [0.1, 0.15) is 17.5 Å². The minimum absolute atomic E-state index is 0.717. The Morgan fingerprint density at radius 2 is 2.31 bits per heavy atom.